The van der Waals surface area contributed by atoms with Gasteiger partial charge in [0.15, 0.2) is 5.78 Å². The van der Waals surface area contributed by atoms with Gasteiger partial charge < -0.3 is 10.4 Å². The van der Waals surface area contributed by atoms with E-state index in [-0.39, 0.29) is 23.8 Å². The molecule has 0 bridgehead atoms. The number of carbonyl (C=O) groups excluding carboxylic acids is 2. The van der Waals surface area contributed by atoms with Crippen LogP contribution in [0.15, 0.2) is 34.9 Å². The van der Waals surface area contributed by atoms with Crippen LogP contribution in [-0.2, 0) is 9.59 Å². The van der Waals surface area contributed by atoms with E-state index in [1.807, 2.05) is 6.92 Å². The Hall–Kier alpha value is -1.33. The number of carbonyl (C=O) groups is 2. The van der Waals surface area contributed by atoms with E-state index in [1.54, 1.807) is 6.92 Å². The molecular formula is C13H17NO3S. The predicted octanol–water partition coefficient (Wildman–Crippen LogP) is 1.19. The maximum atomic E-state index is 11.8. The molecule has 5 heteroatoms. The second kappa shape index (κ2) is 6.56. The third-order valence-electron chi connectivity index (χ3n) is 2.11. The molecule has 1 atom stereocenters. The van der Waals surface area contributed by atoms with Crippen molar-refractivity contribution < 1.29 is 14.7 Å². The summed E-state index contributed by atoms with van der Waals surface area (Å²) in [5.41, 5.74) is 1.18. The SMILES string of the molecule is C=C(C)CSC1=CC(=O)C(NCC(C)O)=CC1=O. The molecule has 0 saturated heterocycles. The van der Waals surface area contributed by atoms with Gasteiger partial charge in [-0.15, -0.1) is 11.8 Å². The van der Waals surface area contributed by atoms with Crippen LogP contribution in [0.25, 0.3) is 0 Å². The summed E-state index contributed by atoms with van der Waals surface area (Å²) in [5.74, 6) is 0.197. The minimum Gasteiger partial charge on any atom is -0.392 e. The van der Waals surface area contributed by atoms with Gasteiger partial charge in [0.05, 0.1) is 16.7 Å². The lowest BCUT2D eigenvalue weighted by Crippen LogP contribution is -2.29. The van der Waals surface area contributed by atoms with Crippen molar-refractivity contribution in [2.75, 3.05) is 12.3 Å². The van der Waals surface area contributed by atoms with Crippen molar-refractivity contribution in [3.05, 3.63) is 34.9 Å². The minimum atomic E-state index is -0.572. The van der Waals surface area contributed by atoms with E-state index >= 15 is 0 Å². The van der Waals surface area contributed by atoms with Crippen LogP contribution in [0.2, 0.25) is 0 Å². The number of hydrogen-bond acceptors (Lipinski definition) is 5. The van der Waals surface area contributed by atoms with Crippen LogP contribution in [0.5, 0.6) is 0 Å². The number of aliphatic hydroxyl groups excluding tert-OH is 1. The van der Waals surface area contributed by atoms with E-state index in [0.29, 0.717) is 10.7 Å². The van der Waals surface area contributed by atoms with Gasteiger partial charge in [-0.2, -0.15) is 0 Å². The highest BCUT2D eigenvalue weighted by atomic mass is 32.2. The quantitative estimate of drug-likeness (QED) is 0.559. The van der Waals surface area contributed by atoms with Crippen molar-refractivity contribution in [3.63, 3.8) is 0 Å². The average molecular weight is 267 g/mol. The molecule has 0 aromatic rings. The third kappa shape index (κ3) is 4.50. The van der Waals surface area contributed by atoms with E-state index in [9.17, 15) is 9.59 Å². The predicted molar refractivity (Wildman–Crippen MR) is 73.1 cm³/mol. The zero-order valence-electron chi connectivity index (χ0n) is 10.5. The lowest BCUT2D eigenvalue weighted by molar-refractivity contribution is -0.115. The summed E-state index contributed by atoms with van der Waals surface area (Å²) in [4.78, 5) is 23.9. The molecular weight excluding hydrogens is 250 g/mol. The van der Waals surface area contributed by atoms with E-state index in [1.165, 1.54) is 23.9 Å². The van der Waals surface area contributed by atoms with Crippen LogP contribution in [0, 0.1) is 0 Å². The van der Waals surface area contributed by atoms with E-state index in [0.717, 1.165) is 5.57 Å². The summed E-state index contributed by atoms with van der Waals surface area (Å²) in [6.07, 6.45) is 2.04. The van der Waals surface area contributed by atoms with Crippen LogP contribution in [-0.4, -0.2) is 35.1 Å². The fourth-order valence-electron chi connectivity index (χ4n) is 1.25. The second-order valence-electron chi connectivity index (χ2n) is 4.27. The zero-order valence-corrected chi connectivity index (χ0v) is 11.3. The molecule has 2 N–H and O–H groups in total. The molecule has 0 amide bonds. The summed E-state index contributed by atoms with van der Waals surface area (Å²) >= 11 is 1.31. The number of thioether (sulfide) groups is 1. The molecule has 0 heterocycles. The maximum absolute atomic E-state index is 11.8. The molecule has 1 unspecified atom stereocenters. The monoisotopic (exact) mass is 267 g/mol. The number of aliphatic hydroxyl groups is 1. The maximum Gasteiger partial charge on any atom is 0.203 e. The van der Waals surface area contributed by atoms with Crippen molar-refractivity contribution in [2.24, 2.45) is 0 Å². The minimum absolute atomic E-state index is 0.186. The molecule has 0 aromatic carbocycles. The number of allylic oxidation sites excluding steroid dienone is 3. The highest BCUT2D eigenvalue weighted by molar-refractivity contribution is 8.04. The number of rotatable bonds is 6. The average Bonchev–Trinajstić information content (AvgIpc) is 2.27. The smallest absolute Gasteiger partial charge is 0.203 e. The molecule has 1 aliphatic rings. The molecule has 18 heavy (non-hydrogen) atoms. The van der Waals surface area contributed by atoms with Crippen LogP contribution in [0.3, 0.4) is 0 Å². The van der Waals surface area contributed by atoms with Gasteiger partial charge in [-0.25, -0.2) is 0 Å². The summed E-state index contributed by atoms with van der Waals surface area (Å²) in [5, 5.41) is 11.9. The zero-order chi connectivity index (χ0) is 13.7. The molecule has 0 radical (unpaired) electrons. The highest BCUT2D eigenvalue weighted by Crippen LogP contribution is 2.23. The van der Waals surface area contributed by atoms with Gasteiger partial charge in [-0.3, -0.25) is 9.59 Å². The van der Waals surface area contributed by atoms with Gasteiger partial charge in [0.1, 0.15) is 0 Å². The molecule has 98 valence electrons. The molecule has 0 aromatic heterocycles. The fraction of sp³-hybridized carbons (Fsp3) is 0.385. The first-order valence-corrected chi connectivity index (χ1v) is 6.60. The van der Waals surface area contributed by atoms with Gasteiger partial charge in [0.2, 0.25) is 5.78 Å². The lowest BCUT2D eigenvalue weighted by Gasteiger charge is -2.14. The highest BCUT2D eigenvalue weighted by Gasteiger charge is 2.20. The molecule has 0 spiro atoms. The molecule has 1 aliphatic carbocycles. The van der Waals surface area contributed by atoms with Crippen LogP contribution in [0.4, 0.5) is 0 Å². The molecule has 1 rings (SSSR count). The van der Waals surface area contributed by atoms with E-state index in [2.05, 4.69) is 11.9 Å². The topological polar surface area (TPSA) is 66.4 Å². The van der Waals surface area contributed by atoms with Gasteiger partial charge in [-0.1, -0.05) is 12.2 Å². The van der Waals surface area contributed by atoms with E-state index in [4.69, 9.17) is 5.11 Å². The first kappa shape index (κ1) is 14.7. The van der Waals surface area contributed by atoms with Crippen molar-refractivity contribution in [1.82, 2.24) is 5.32 Å². The summed E-state index contributed by atoms with van der Waals surface area (Å²) < 4.78 is 0. The second-order valence-corrected chi connectivity index (χ2v) is 5.29. The van der Waals surface area contributed by atoms with Gasteiger partial charge >= 0.3 is 0 Å². The Kier molecular flexibility index (Phi) is 5.37. The van der Waals surface area contributed by atoms with E-state index < -0.39 is 6.10 Å². The Morgan fingerprint density at radius 3 is 2.67 bits per heavy atom. The summed E-state index contributed by atoms with van der Waals surface area (Å²) in [7, 11) is 0. The Morgan fingerprint density at radius 2 is 2.11 bits per heavy atom. The Balaban J connectivity index is 2.65. The lowest BCUT2D eigenvalue weighted by atomic mass is 10.1. The molecule has 4 nitrogen and oxygen atoms in total. The first-order chi connectivity index (χ1) is 8.40. The Bertz CT molecular complexity index is 436. The standard InChI is InChI=1S/C13H17NO3S/c1-8(2)7-18-13-5-11(16)10(4-12(13)17)14-6-9(3)15/h4-5,9,14-15H,1,6-7H2,2-3H3. The summed E-state index contributed by atoms with van der Waals surface area (Å²) in [6.45, 7) is 7.46. The largest absolute Gasteiger partial charge is 0.392 e. The van der Waals surface area contributed by atoms with Gasteiger partial charge in [0.25, 0.3) is 0 Å². The number of nitrogens with one attached hydrogen (secondary N) is 1. The molecule has 0 aliphatic heterocycles. The van der Waals surface area contributed by atoms with Gasteiger partial charge in [-0.05, 0) is 13.8 Å². The first-order valence-electron chi connectivity index (χ1n) is 5.61. The summed E-state index contributed by atoms with van der Waals surface area (Å²) in [6, 6.07) is 0. The third-order valence-corrected chi connectivity index (χ3v) is 3.38. The normalized spacial score (nSPS) is 17.1. The Labute approximate surface area is 111 Å². The van der Waals surface area contributed by atoms with Crippen LogP contribution < -0.4 is 5.32 Å². The fourth-order valence-corrected chi connectivity index (χ4v) is 2.04. The van der Waals surface area contributed by atoms with Crippen LogP contribution in [0.1, 0.15) is 13.8 Å². The van der Waals surface area contributed by atoms with Crippen molar-refractivity contribution >= 4 is 23.3 Å². The number of ketones is 2. The molecule has 0 saturated carbocycles. The van der Waals surface area contributed by atoms with Crippen LogP contribution >= 0.6 is 11.8 Å². The van der Waals surface area contributed by atoms with Gasteiger partial charge in [0, 0.05) is 24.4 Å². The molecule has 0 fully saturated rings. The Morgan fingerprint density at radius 1 is 1.44 bits per heavy atom. The van der Waals surface area contributed by atoms with Crippen molar-refractivity contribution in [2.45, 2.75) is 20.0 Å². The van der Waals surface area contributed by atoms with Crippen molar-refractivity contribution in [3.8, 4) is 0 Å². The van der Waals surface area contributed by atoms with Crippen molar-refractivity contribution in [1.29, 1.82) is 0 Å². The number of hydrogen-bond donors (Lipinski definition) is 2.